The molecule has 0 amide bonds. The lowest BCUT2D eigenvalue weighted by molar-refractivity contribution is -0.160. The summed E-state index contributed by atoms with van der Waals surface area (Å²) >= 11 is 0. The Morgan fingerprint density at radius 3 is 1.10 bits per heavy atom. The highest BCUT2D eigenvalue weighted by molar-refractivity contribution is 5.95. The summed E-state index contributed by atoms with van der Waals surface area (Å²) in [5, 5.41) is 37.5. The highest BCUT2D eigenvalue weighted by Gasteiger charge is 2.50. The van der Waals surface area contributed by atoms with Gasteiger partial charge in [0.05, 0.1) is 11.3 Å². The summed E-state index contributed by atoms with van der Waals surface area (Å²) in [4.78, 5) is 43.7. The first kappa shape index (κ1) is 18.8. The van der Waals surface area contributed by atoms with Crippen LogP contribution in [0, 0.1) is 11.8 Å². The summed E-state index contributed by atoms with van der Waals surface area (Å²) in [6.45, 7) is 1.90. The van der Waals surface area contributed by atoms with E-state index in [9.17, 15) is 19.2 Å². The van der Waals surface area contributed by atoms with E-state index in [0.29, 0.717) is 0 Å². The van der Waals surface area contributed by atoms with Crippen LogP contribution in [0.15, 0.2) is 0 Å². The molecular formula is C10H17N3O8. The van der Waals surface area contributed by atoms with Gasteiger partial charge in [-0.3, -0.25) is 24.5 Å². The van der Waals surface area contributed by atoms with E-state index < -0.39 is 47.0 Å². The molecule has 9 N–H and O–H groups in total. The summed E-state index contributed by atoms with van der Waals surface area (Å²) < 4.78 is 0. The summed E-state index contributed by atoms with van der Waals surface area (Å²) in [7, 11) is 0. The molecule has 11 heteroatoms. The van der Waals surface area contributed by atoms with E-state index in [1.807, 2.05) is 0 Å². The molecule has 0 aromatic heterocycles. The quantitative estimate of drug-likeness (QED) is 0.184. The Bertz CT molecular complexity index is 403. The van der Waals surface area contributed by atoms with Crippen LogP contribution in [0.2, 0.25) is 0 Å². The molecule has 0 rings (SSSR count). The Hall–Kier alpha value is -2.24. The van der Waals surface area contributed by atoms with Crippen molar-refractivity contribution in [3.8, 4) is 0 Å². The first-order chi connectivity index (χ1) is 9.24. The Morgan fingerprint density at radius 1 is 0.762 bits per heavy atom. The molecule has 0 aliphatic heterocycles. The van der Waals surface area contributed by atoms with Crippen molar-refractivity contribution in [1.82, 2.24) is 5.32 Å². The van der Waals surface area contributed by atoms with Gasteiger partial charge in [0, 0.05) is 0 Å². The van der Waals surface area contributed by atoms with E-state index in [4.69, 9.17) is 31.9 Å². The van der Waals surface area contributed by atoms with E-state index in [2.05, 4.69) is 5.32 Å². The maximum Gasteiger partial charge on any atom is 0.321 e. The van der Waals surface area contributed by atoms with Crippen molar-refractivity contribution in [1.29, 1.82) is 0 Å². The fourth-order valence-corrected chi connectivity index (χ4v) is 1.96. The van der Waals surface area contributed by atoms with E-state index in [1.165, 1.54) is 0 Å². The third-order valence-electron chi connectivity index (χ3n) is 2.73. The second-order valence-corrected chi connectivity index (χ2v) is 4.91. The van der Waals surface area contributed by atoms with Gasteiger partial charge in [-0.05, 0) is 13.8 Å². The first-order valence-electron chi connectivity index (χ1n) is 5.52. The van der Waals surface area contributed by atoms with Crippen LogP contribution in [-0.4, -0.2) is 55.6 Å². The lowest BCUT2D eigenvalue weighted by Crippen LogP contribution is -2.73. The number of carboxylic acids is 4. The predicted molar refractivity (Wildman–Crippen MR) is 65.8 cm³/mol. The van der Waals surface area contributed by atoms with Gasteiger partial charge in [-0.25, -0.2) is 0 Å². The molecular weight excluding hydrogens is 290 g/mol. The van der Waals surface area contributed by atoms with E-state index >= 15 is 0 Å². The molecule has 11 nitrogen and oxygen atoms in total. The molecule has 0 bridgehead atoms. The van der Waals surface area contributed by atoms with Crippen molar-refractivity contribution in [3.63, 3.8) is 0 Å². The largest absolute Gasteiger partial charge is 0.481 e. The Morgan fingerprint density at radius 2 is 0.952 bits per heavy atom. The number of carboxylic acid groups (broad SMARTS) is 4. The summed E-state index contributed by atoms with van der Waals surface area (Å²) in [5.41, 5.74) is 6.69. The van der Waals surface area contributed by atoms with Crippen LogP contribution < -0.4 is 16.8 Å². The SMILES string of the molecule is CC(N)(NC(C)(N)C(C(=O)O)C(=O)O)C(C(=O)O)C(=O)O. The topological polar surface area (TPSA) is 213 Å². The van der Waals surface area contributed by atoms with Gasteiger partial charge in [0.15, 0.2) is 11.8 Å². The summed E-state index contributed by atoms with van der Waals surface area (Å²) in [6.07, 6.45) is 0. The van der Waals surface area contributed by atoms with Gasteiger partial charge < -0.3 is 31.9 Å². The average Bonchev–Trinajstić information content (AvgIpc) is 2.08. The van der Waals surface area contributed by atoms with Crippen molar-refractivity contribution in [2.45, 2.75) is 25.2 Å². The van der Waals surface area contributed by atoms with Crippen LogP contribution in [0.3, 0.4) is 0 Å². The molecule has 0 aromatic carbocycles. The average molecular weight is 307 g/mol. The van der Waals surface area contributed by atoms with Crippen molar-refractivity contribution in [3.05, 3.63) is 0 Å². The molecule has 0 aromatic rings. The maximum absolute atomic E-state index is 10.9. The highest BCUT2D eigenvalue weighted by atomic mass is 16.4. The van der Waals surface area contributed by atoms with Crippen molar-refractivity contribution >= 4 is 23.9 Å². The molecule has 0 radical (unpaired) electrons. The molecule has 0 saturated heterocycles. The van der Waals surface area contributed by atoms with Gasteiger partial charge in [-0.15, -0.1) is 0 Å². The van der Waals surface area contributed by atoms with Crippen LogP contribution >= 0.6 is 0 Å². The minimum Gasteiger partial charge on any atom is -0.481 e. The molecule has 0 fully saturated rings. The smallest absolute Gasteiger partial charge is 0.321 e. The summed E-state index contributed by atoms with van der Waals surface area (Å²) in [6, 6.07) is 0. The molecule has 0 saturated carbocycles. The second kappa shape index (κ2) is 6.03. The number of nitrogens with one attached hydrogen (secondary N) is 1. The van der Waals surface area contributed by atoms with Crippen LogP contribution in [0.5, 0.6) is 0 Å². The number of carbonyl (C=O) groups is 4. The molecule has 0 spiro atoms. The van der Waals surface area contributed by atoms with Crippen molar-refractivity contribution < 1.29 is 39.6 Å². The van der Waals surface area contributed by atoms with Crippen LogP contribution in [-0.2, 0) is 19.2 Å². The van der Waals surface area contributed by atoms with Crippen LogP contribution in [0.4, 0.5) is 0 Å². The van der Waals surface area contributed by atoms with Gasteiger partial charge in [0.1, 0.15) is 0 Å². The molecule has 2 unspecified atom stereocenters. The number of nitrogens with two attached hydrogens (primary N) is 2. The van der Waals surface area contributed by atoms with Crippen LogP contribution in [0.25, 0.3) is 0 Å². The number of hydrogen-bond donors (Lipinski definition) is 7. The number of hydrogen-bond acceptors (Lipinski definition) is 7. The molecule has 0 aliphatic carbocycles. The van der Waals surface area contributed by atoms with Crippen LogP contribution in [0.1, 0.15) is 13.8 Å². The van der Waals surface area contributed by atoms with Gasteiger partial charge in [0.25, 0.3) is 0 Å². The minimum atomic E-state index is -2.20. The zero-order chi connectivity index (χ0) is 17.2. The van der Waals surface area contributed by atoms with Crippen molar-refractivity contribution in [2.24, 2.45) is 23.3 Å². The zero-order valence-electron chi connectivity index (χ0n) is 11.2. The normalized spacial score (nSPS) is 17.0. The molecule has 120 valence electrons. The predicted octanol–water partition coefficient (Wildman–Crippen LogP) is -2.50. The van der Waals surface area contributed by atoms with Gasteiger partial charge >= 0.3 is 23.9 Å². The fraction of sp³-hybridized carbons (Fsp3) is 0.600. The lowest BCUT2D eigenvalue weighted by atomic mass is 9.88. The third-order valence-corrected chi connectivity index (χ3v) is 2.73. The van der Waals surface area contributed by atoms with Gasteiger partial charge in [0.2, 0.25) is 0 Å². The minimum absolute atomic E-state index is 0.950. The summed E-state index contributed by atoms with van der Waals surface area (Å²) in [5.74, 6) is -11.5. The lowest BCUT2D eigenvalue weighted by Gasteiger charge is -2.40. The molecule has 0 aliphatic rings. The fourth-order valence-electron chi connectivity index (χ4n) is 1.96. The zero-order valence-corrected chi connectivity index (χ0v) is 11.2. The molecule has 21 heavy (non-hydrogen) atoms. The number of aliphatic carboxylic acids is 4. The van der Waals surface area contributed by atoms with E-state index in [0.717, 1.165) is 13.8 Å². The third kappa shape index (κ3) is 4.37. The molecule has 2 atom stereocenters. The Balaban J connectivity index is 5.58. The van der Waals surface area contributed by atoms with E-state index in [1.54, 1.807) is 0 Å². The van der Waals surface area contributed by atoms with E-state index in [-0.39, 0.29) is 0 Å². The van der Waals surface area contributed by atoms with Gasteiger partial charge in [-0.1, -0.05) is 0 Å². The number of rotatable bonds is 8. The standard InChI is InChI=1S/C10H17N3O8/c1-9(11,3(5(14)15)6(16)17)13-10(2,12)4(7(18)19)8(20)21/h3-4,13H,11-12H2,1-2H3,(H,14,15)(H,16,17)(H,18,19)(H,20,21). The van der Waals surface area contributed by atoms with Gasteiger partial charge in [-0.2, -0.15) is 0 Å². The second-order valence-electron chi connectivity index (χ2n) is 4.91. The first-order valence-corrected chi connectivity index (χ1v) is 5.52. The molecule has 0 heterocycles. The Labute approximate surface area is 118 Å². The Kier molecular flexibility index (Phi) is 5.39. The highest BCUT2D eigenvalue weighted by Crippen LogP contribution is 2.20. The monoisotopic (exact) mass is 307 g/mol. The van der Waals surface area contributed by atoms with Crippen molar-refractivity contribution in [2.75, 3.05) is 0 Å². The maximum atomic E-state index is 10.9.